The summed E-state index contributed by atoms with van der Waals surface area (Å²) in [7, 11) is 3.22. The van der Waals surface area contributed by atoms with Crippen LogP contribution in [0.5, 0.6) is 57.5 Å². The van der Waals surface area contributed by atoms with Gasteiger partial charge in [-0.05, 0) is 176 Å². The first-order valence-corrected chi connectivity index (χ1v) is 36.6. The van der Waals surface area contributed by atoms with Gasteiger partial charge in [-0.15, -0.1) is 0 Å². The zero-order valence-electron chi connectivity index (χ0n) is 59.6. The molecule has 15 rings (SSSR count). The van der Waals surface area contributed by atoms with Gasteiger partial charge in [0, 0.05) is 36.5 Å². The van der Waals surface area contributed by atoms with E-state index in [-0.39, 0.29) is 102 Å². The number of phenolic OH excluding ortho intramolecular Hbond substituents is 4. The average Bonchev–Trinajstić information content (AvgIpc) is 1.55. The van der Waals surface area contributed by atoms with Crippen molar-refractivity contribution in [1.82, 2.24) is 36.8 Å². The maximum absolute atomic E-state index is 16.5. The highest BCUT2D eigenvalue weighted by atomic mass is 35.5. The lowest BCUT2D eigenvalue weighted by molar-refractivity contribution is -0.284. The van der Waals surface area contributed by atoms with Crippen LogP contribution in [0.1, 0.15) is 144 Å². The van der Waals surface area contributed by atoms with Gasteiger partial charge >= 0.3 is 0 Å². The third kappa shape index (κ3) is 16.1. The lowest BCUT2D eigenvalue weighted by Crippen LogP contribution is -2.65. The quantitative estimate of drug-likeness (QED) is 0.0474. The number of Topliss-reactive ketones (excluding diaryl/α,β-unsaturated/α-hetero) is 2. The molecule has 0 saturated carbocycles. The number of nitrogens with zero attached hydrogens (tertiary/aromatic N) is 1. The molecule has 7 aromatic rings. The van der Waals surface area contributed by atoms with E-state index >= 15 is 24.0 Å². The van der Waals surface area contributed by atoms with Crippen LogP contribution in [0.3, 0.4) is 0 Å². The second-order valence-corrected chi connectivity index (χ2v) is 29.5. The number of hydrogen-bond acceptors (Lipinski definition) is 25. The molecule has 0 radical (unpaired) electrons. The van der Waals surface area contributed by atoms with E-state index in [1.54, 1.807) is 19.0 Å². The standard InChI is InChI=1S/C78H83Cl2N9O21/c1-34-44-29-42(92)30-49-63(44)47-23-36(11-14-48(47)78(49,104)105)45-32-55(95)64-40-26-59(107-56-16-10-35(19-50(56)79)20-52-54(94)31-46(73(101)87-64)39-21-41(91)28-43(22-39)106-58-25-37(12-15-53(58)93)67(89(2)3)75(103)85-52)68(97)60(27-40)108-57-17-13-38(24-51(57)80)71(66(74(102)84-34)88-72(45)100)110-76-65(70(99)69(98)61(33-90)109-76)86-62(96)9-7-5-4-6-8-18-83-77(81)82/h10-17,19,21-30,34,45-46,52,61,64-67,69-71,76-77,83,90-93,97-99,104-105H,4-9,18,20,31-33,81-82H2,1-3H3,(H,84,102)(H,85,103)(H,86,96)(H,87,101)(H,88,100). The van der Waals surface area contributed by atoms with Crippen molar-refractivity contribution in [2.75, 3.05) is 27.2 Å². The number of carbonyl (C=O) groups excluding carboxylic acids is 7. The van der Waals surface area contributed by atoms with Crippen molar-refractivity contribution < 1.29 is 103 Å². The number of nitrogens with two attached hydrogens (primary N) is 2. The van der Waals surface area contributed by atoms with Gasteiger partial charge in [0.15, 0.2) is 40.9 Å². The van der Waals surface area contributed by atoms with Crippen molar-refractivity contribution in [1.29, 1.82) is 0 Å². The number of fused-ring (bicyclic) bond motifs is 11. The first-order chi connectivity index (χ1) is 52.4. The number of aromatic hydroxyl groups is 4. The van der Waals surface area contributed by atoms with E-state index in [1.165, 1.54) is 110 Å². The van der Waals surface area contributed by atoms with Crippen LogP contribution in [0.25, 0.3) is 11.1 Å². The number of likely N-dealkylation sites (N-methyl/N-ethyl adjacent to an activating group) is 1. The molecule has 7 heterocycles. The number of amides is 5. The third-order valence-electron chi connectivity index (χ3n) is 20.7. The van der Waals surface area contributed by atoms with Gasteiger partial charge in [0.25, 0.3) is 0 Å². The molecule has 5 amide bonds. The summed E-state index contributed by atoms with van der Waals surface area (Å²) in [5.74, 6) is -16.6. The van der Waals surface area contributed by atoms with Gasteiger partial charge in [0.2, 0.25) is 41.1 Å². The highest BCUT2D eigenvalue weighted by Gasteiger charge is 2.50. The number of nitrogens with one attached hydrogen (secondary N) is 6. The Labute approximate surface area is 639 Å². The average molecular weight is 1550 g/mol. The molecule has 13 unspecified atom stereocenters. The number of aliphatic hydroxyl groups is 5. The summed E-state index contributed by atoms with van der Waals surface area (Å²) in [6.45, 7) is 1.15. The van der Waals surface area contributed by atoms with Crippen LogP contribution in [0, 0.1) is 0 Å². The Balaban J connectivity index is 0.980. The Bertz CT molecular complexity index is 4790. The number of aliphatic hydroxyl groups excluding tert-OH is 3. The summed E-state index contributed by atoms with van der Waals surface area (Å²) >= 11 is 14.3. The number of hydrogen-bond donors (Lipinski definition) is 17. The van der Waals surface area contributed by atoms with Crippen LogP contribution in [-0.4, -0.2) is 168 Å². The Hall–Kier alpha value is -10.0. The topological polar surface area (TPSA) is 475 Å². The van der Waals surface area contributed by atoms with E-state index < -0.39 is 180 Å². The molecule has 1 aliphatic carbocycles. The fourth-order valence-corrected chi connectivity index (χ4v) is 15.6. The van der Waals surface area contributed by atoms with Crippen molar-refractivity contribution in [2.24, 2.45) is 11.5 Å². The molecule has 1 fully saturated rings. The smallest absolute Gasteiger partial charge is 0.246 e. The molecule has 13 atom stereocenters. The molecule has 7 aliphatic heterocycles. The Morgan fingerprint density at radius 2 is 1.29 bits per heavy atom. The SMILES string of the molecule is CC1NC(=O)C2NC(=O)C(CC(=O)C3NC(=O)C4CC(=O)C(Cc5ccc(c(Cl)c5)Oc5cc3cc(c5O)Oc3ccc(cc3Cl)C2OC2OC(CO)C(O)C(O)C2NC(=O)CCCCCCCNC(N)N)NC(=O)C(N(C)C)c2ccc(O)c(c2)Oc2cc(O)cc4c2)c2ccc3c(c2)-c2c1cc(O)cc2C3(O)O. The van der Waals surface area contributed by atoms with Crippen LogP contribution in [0.4, 0.5) is 0 Å². The third-order valence-corrected chi connectivity index (χ3v) is 21.3. The molecule has 32 heteroatoms. The van der Waals surface area contributed by atoms with Crippen LogP contribution in [-0.2, 0) is 55.2 Å². The van der Waals surface area contributed by atoms with Crippen LogP contribution in [0.2, 0.25) is 10.0 Å². The van der Waals surface area contributed by atoms with E-state index in [1.807, 2.05) is 0 Å². The minimum Gasteiger partial charge on any atom is -0.508 e. The molecular formula is C78H83Cl2N9O21. The molecule has 19 N–H and O–H groups in total. The number of phenols is 4. The van der Waals surface area contributed by atoms with E-state index in [0.29, 0.717) is 30.5 Å². The van der Waals surface area contributed by atoms with Gasteiger partial charge in [0.1, 0.15) is 83.6 Å². The molecule has 110 heavy (non-hydrogen) atoms. The van der Waals surface area contributed by atoms with Crippen molar-refractivity contribution in [3.63, 3.8) is 0 Å². The maximum atomic E-state index is 16.5. The fourth-order valence-electron chi connectivity index (χ4n) is 15.1. The minimum atomic E-state index is -2.83. The normalized spacial score (nSPS) is 25.0. The first kappa shape index (κ1) is 78.1. The van der Waals surface area contributed by atoms with Crippen LogP contribution in [0.15, 0.2) is 115 Å². The number of unbranched alkanes of at least 4 members (excludes halogenated alkanes) is 4. The Morgan fingerprint density at radius 3 is 2.00 bits per heavy atom. The zero-order chi connectivity index (χ0) is 78.5. The molecule has 30 nitrogen and oxygen atoms in total. The number of rotatable bonds is 14. The molecule has 0 aromatic heterocycles. The van der Waals surface area contributed by atoms with Gasteiger partial charge in [-0.2, -0.15) is 0 Å². The second-order valence-electron chi connectivity index (χ2n) is 28.6. The van der Waals surface area contributed by atoms with Crippen molar-refractivity contribution in [2.45, 2.75) is 156 Å². The number of halogens is 2. The van der Waals surface area contributed by atoms with Crippen LogP contribution >= 0.6 is 23.2 Å². The second kappa shape index (κ2) is 32.1. The number of ether oxygens (including phenoxy) is 5. The summed E-state index contributed by atoms with van der Waals surface area (Å²) in [5, 5.41) is 121. The molecule has 580 valence electrons. The predicted molar refractivity (Wildman–Crippen MR) is 394 cm³/mol. The molecule has 0 spiro atoms. The van der Waals surface area contributed by atoms with Crippen molar-refractivity contribution in [3.8, 4) is 68.6 Å². The van der Waals surface area contributed by atoms with Gasteiger partial charge in [-0.25, -0.2) is 0 Å². The lowest BCUT2D eigenvalue weighted by Gasteiger charge is -2.44. The Morgan fingerprint density at radius 1 is 0.636 bits per heavy atom. The summed E-state index contributed by atoms with van der Waals surface area (Å²) in [6.07, 6.45) is -8.81. The monoisotopic (exact) mass is 1550 g/mol. The van der Waals surface area contributed by atoms with E-state index in [4.69, 9.17) is 58.4 Å². The summed E-state index contributed by atoms with van der Waals surface area (Å²) in [6, 6.07) is 15.3. The minimum absolute atomic E-state index is 0.0354. The van der Waals surface area contributed by atoms with Gasteiger partial charge in [0.05, 0.1) is 40.6 Å². The van der Waals surface area contributed by atoms with Gasteiger partial charge < -0.3 is 108 Å². The van der Waals surface area contributed by atoms with Gasteiger partial charge in [-0.3, -0.25) is 43.8 Å². The van der Waals surface area contributed by atoms with Crippen molar-refractivity contribution in [3.05, 3.63) is 175 Å². The number of ketones is 2. The van der Waals surface area contributed by atoms with E-state index in [2.05, 4.69) is 31.9 Å². The zero-order valence-corrected chi connectivity index (χ0v) is 61.1. The summed E-state index contributed by atoms with van der Waals surface area (Å²) in [5.41, 5.74) is 11.3. The lowest BCUT2D eigenvalue weighted by atomic mass is 9.85. The number of carbonyl (C=O) groups is 7. The fraction of sp³-hybridized carbons (Fsp3) is 0.372. The molecule has 1 saturated heterocycles. The molecule has 8 aliphatic rings. The van der Waals surface area contributed by atoms with E-state index in [0.717, 1.165) is 31.4 Å². The largest absolute Gasteiger partial charge is 0.508 e. The maximum Gasteiger partial charge on any atom is 0.246 e. The van der Waals surface area contributed by atoms with Gasteiger partial charge in [-0.1, -0.05) is 72.8 Å². The number of benzene rings is 7. The highest BCUT2D eigenvalue weighted by Crippen LogP contribution is 2.53. The van der Waals surface area contributed by atoms with Crippen LogP contribution < -0.4 is 57.6 Å². The summed E-state index contributed by atoms with van der Waals surface area (Å²) < 4.78 is 32.2. The highest BCUT2D eigenvalue weighted by molar-refractivity contribution is 6.32. The first-order valence-electron chi connectivity index (χ1n) is 35.8. The molecule has 7 aromatic carbocycles. The Kier molecular flexibility index (Phi) is 22.8. The summed E-state index contributed by atoms with van der Waals surface area (Å²) in [4.78, 5) is 111. The molecule has 17 bridgehead atoms. The van der Waals surface area contributed by atoms with Crippen molar-refractivity contribution >= 4 is 64.3 Å². The van der Waals surface area contributed by atoms with E-state index in [9.17, 15) is 55.5 Å². The predicted octanol–water partition coefficient (Wildman–Crippen LogP) is 5.46. The molecular weight excluding hydrogens is 1470 g/mol.